The molecular weight excluding hydrogens is 328 g/mol. The SMILES string of the molecule is CC(=O)OCc1ccc(C2SCCC(=O)N2Cc2cccnc2)o1. The van der Waals surface area contributed by atoms with Crippen LogP contribution in [0.25, 0.3) is 0 Å². The maximum atomic E-state index is 12.4. The molecule has 3 rings (SSSR count). The van der Waals surface area contributed by atoms with Crippen molar-refractivity contribution in [3.05, 3.63) is 53.7 Å². The van der Waals surface area contributed by atoms with Crippen molar-refractivity contribution in [1.29, 1.82) is 0 Å². The molecule has 1 aliphatic rings. The van der Waals surface area contributed by atoms with Gasteiger partial charge < -0.3 is 14.1 Å². The summed E-state index contributed by atoms with van der Waals surface area (Å²) in [5.74, 6) is 1.76. The summed E-state index contributed by atoms with van der Waals surface area (Å²) in [6.07, 6.45) is 3.99. The smallest absolute Gasteiger partial charge is 0.303 e. The van der Waals surface area contributed by atoms with Crippen LogP contribution in [0, 0.1) is 0 Å². The van der Waals surface area contributed by atoms with Crippen LogP contribution in [0.15, 0.2) is 41.1 Å². The summed E-state index contributed by atoms with van der Waals surface area (Å²) < 4.78 is 10.7. The summed E-state index contributed by atoms with van der Waals surface area (Å²) in [5.41, 5.74) is 0.977. The largest absolute Gasteiger partial charge is 0.459 e. The minimum atomic E-state index is -0.353. The molecule has 24 heavy (non-hydrogen) atoms. The first kappa shape index (κ1) is 16.6. The van der Waals surface area contributed by atoms with Crippen LogP contribution in [0.4, 0.5) is 0 Å². The Kier molecular flexibility index (Phi) is 5.20. The van der Waals surface area contributed by atoms with Gasteiger partial charge in [0.2, 0.25) is 5.91 Å². The number of hydrogen-bond donors (Lipinski definition) is 0. The Balaban J connectivity index is 1.76. The fraction of sp³-hybridized carbons (Fsp3) is 0.353. The zero-order chi connectivity index (χ0) is 16.9. The number of nitrogens with zero attached hydrogens (tertiary/aromatic N) is 2. The Labute approximate surface area is 144 Å². The number of carbonyl (C=O) groups is 2. The van der Waals surface area contributed by atoms with Crippen LogP contribution in [0.1, 0.15) is 35.8 Å². The highest BCUT2D eigenvalue weighted by atomic mass is 32.2. The second-order valence-corrected chi connectivity index (χ2v) is 6.63. The van der Waals surface area contributed by atoms with E-state index in [4.69, 9.17) is 9.15 Å². The first-order chi connectivity index (χ1) is 11.6. The molecule has 0 aromatic carbocycles. The van der Waals surface area contributed by atoms with Crippen LogP contribution < -0.4 is 0 Å². The second-order valence-electron chi connectivity index (χ2n) is 5.44. The lowest BCUT2D eigenvalue weighted by Crippen LogP contribution is -2.36. The van der Waals surface area contributed by atoms with Crippen LogP contribution in [0.5, 0.6) is 0 Å². The van der Waals surface area contributed by atoms with E-state index in [1.54, 1.807) is 35.1 Å². The van der Waals surface area contributed by atoms with Crippen LogP contribution in [0.2, 0.25) is 0 Å². The molecule has 0 spiro atoms. The summed E-state index contributed by atoms with van der Waals surface area (Å²) in [7, 11) is 0. The molecule has 1 fully saturated rings. The molecular formula is C17H18N2O4S. The average molecular weight is 346 g/mol. The lowest BCUT2D eigenvalue weighted by molar-refractivity contribution is -0.142. The fourth-order valence-electron chi connectivity index (χ4n) is 2.49. The van der Waals surface area contributed by atoms with Gasteiger partial charge in [0, 0.05) is 38.0 Å². The van der Waals surface area contributed by atoms with Crippen molar-refractivity contribution in [2.75, 3.05) is 5.75 Å². The topological polar surface area (TPSA) is 72.6 Å². The van der Waals surface area contributed by atoms with E-state index >= 15 is 0 Å². The Morgan fingerprint density at radius 3 is 3.08 bits per heavy atom. The number of pyridine rings is 1. The van der Waals surface area contributed by atoms with Gasteiger partial charge in [-0.3, -0.25) is 14.6 Å². The molecule has 1 unspecified atom stereocenters. The summed E-state index contributed by atoms with van der Waals surface area (Å²) in [6, 6.07) is 7.42. The molecule has 0 saturated carbocycles. The standard InChI is InChI=1S/C17H18N2O4S/c1-12(20)22-11-14-4-5-15(23-14)17-19(16(21)6-8-24-17)10-13-3-2-7-18-9-13/h2-5,7,9,17H,6,8,10-11H2,1H3. The van der Waals surface area contributed by atoms with E-state index in [9.17, 15) is 9.59 Å². The number of carbonyl (C=O) groups excluding carboxylic acids is 2. The molecule has 126 valence electrons. The van der Waals surface area contributed by atoms with Crippen molar-refractivity contribution in [2.45, 2.75) is 31.9 Å². The Morgan fingerprint density at radius 2 is 2.33 bits per heavy atom. The van der Waals surface area contributed by atoms with Crippen molar-refractivity contribution in [1.82, 2.24) is 9.88 Å². The van der Waals surface area contributed by atoms with E-state index in [1.165, 1.54) is 6.92 Å². The monoisotopic (exact) mass is 346 g/mol. The normalized spacial score (nSPS) is 17.8. The molecule has 1 aliphatic heterocycles. The van der Waals surface area contributed by atoms with Gasteiger partial charge in [0.25, 0.3) is 0 Å². The third-order valence-electron chi connectivity index (χ3n) is 3.61. The number of thioether (sulfide) groups is 1. The van der Waals surface area contributed by atoms with E-state index in [2.05, 4.69) is 4.98 Å². The van der Waals surface area contributed by atoms with E-state index in [1.807, 2.05) is 18.2 Å². The molecule has 7 heteroatoms. The molecule has 2 aromatic heterocycles. The number of rotatable bonds is 5. The minimum absolute atomic E-state index is 0.0977. The highest BCUT2D eigenvalue weighted by Gasteiger charge is 2.32. The van der Waals surface area contributed by atoms with E-state index < -0.39 is 0 Å². The maximum Gasteiger partial charge on any atom is 0.303 e. The van der Waals surface area contributed by atoms with Crippen LogP contribution in [-0.2, 0) is 27.5 Å². The highest BCUT2D eigenvalue weighted by Crippen LogP contribution is 2.39. The van der Waals surface area contributed by atoms with E-state index in [0.29, 0.717) is 24.5 Å². The van der Waals surface area contributed by atoms with Gasteiger partial charge in [-0.1, -0.05) is 6.07 Å². The highest BCUT2D eigenvalue weighted by molar-refractivity contribution is 7.99. The molecule has 0 bridgehead atoms. The predicted molar refractivity (Wildman–Crippen MR) is 88.8 cm³/mol. The number of esters is 1. The van der Waals surface area contributed by atoms with Gasteiger partial charge in [-0.2, -0.15) is 0 Å². The van der Waals surface area contributed by atoms with Gasteiger partial charge in [0.05, 0.1) is 0 Å². The molecule has 1 amide bonds. The molecule has 0 aliphatic carbocycles. The first-order valence-corrected chi connectivity index (χ1v) is 8.70. The number of ether oxygens (including phenoxy) is 1. The molecule has 2 aromatic rings. The third-order valence-corrected chi connectivity index (χ3v) is 4.86. The number of furan rings is 1. The van der Waals surface area contributed by atoms with Gasteiger partial charge in [0.15, 0.2) is 0 Å². The fourth-order valence-corrected chi connectivity index (χ4v) is 3.67. The summed E-state index contributed by atoms with van der Waals surface area (Å²) >= 11 is 1.67. The Bertz CT molecular complexity index is 716. The lowest BCUT2D eigenvalue weighted by Gasteiger charge is -2.33. The molecule has 0 radical (unpaired) electrons. The van der Waals surface area contributed by atoms with E-state index in [0.717, 1.165) is 11.3 Å². The molecule has 3 heterocycles. The van der Waals surface area contributed by atoms with Gasteiger partial charge >= 0.3 is 5.97 Å². The summed E-state index contributed by atoms with van der Waals surface area (Å²) in [6.45, 7) is 1.95. The quantitative estimate of drug-likeness (QED) is 0.775. The predicted octanol–water partition coefficient (Wildman–Crippen LogP) is 2.90. The molecule has 1 saturated heterocycles. The molecule has 0 N–H and O–H groups in total. The van der Waals surface area contributed by atoms with Crippen molar-refractivity contribution in [3.63, 3.8) is 0 Å². The molecule has 6 nitrogen and oxygen atoms in total. The van der Waals surface area contributed by atoms with Crippen molar-refractivity contribution in [3.8, 4) is 0 Å². The van der Waals surface area contributed by atoms with Crippen molar-refractivity contribution in [2.24, 2.45) is 0 Å². The molecule has 1 atom stereocenters. The lowest BCUT2D eigenvalue weighted by atomic mass is 10.2. The second kappa shape index (κ2) is 7.53. The number of hydrogen-bond acceptors (Lipinski definition) is 6. The van der Waals surface area contributed by atoms with Gasteiger partial charge in [-0.05, 0) is 23.8 Å². The van der Waals surface area contributed by atoms with Crippen molar-refractivity contribution >= 4 is 23.6 Å². The van der Waals surface area contributed by atoms with Gasteiger partial charge in [0.1, 0.15) is 23.5 Å². The maximum absolute atomic E-state index is 12.4. The minimum Gasteiger partial charge on any atom is -0.459 e. The average Bonchev–Trinajstić information content (AvgIpc) is 3.04. The zero-order valence-electron chi connectivity index (χ0n) is 13.3. The Hall–Kier alpha value is -2.28. The van der Waals surface area contributed by atoms with Crippen LogP contribution >= 0.6 is 11.8 Å². The third kappa shape index (κ3) is 3.97. The number of aromatic nitrogens is 1. The van der Waals surface area contributed by atoms with Crippen LogP contribution in [-0.4, -0.2) is 27.5 Å². The van der Waals surface area contributed by atoms with Gasteiger partial charge in [-0.25, -0.2) is 0 Å². The zero-order valence-corrected chi connectivity index (χ0v) is 14.1. The Morgan fingerprint density at radius 1 is 1.46 bits per heavy atom. The van der Waals surface area contributed by atoms with E-state index in [-0.39, 0.29) is 23.9 Å². The van der Waals surface area contributed by atoms with Gasteiger partial charge in [-0.15, -0.1) is 11.8 Å². The first-order valence-electron chi connectivity index (χ1n) is 7.65. The van der Waals surface area contributed by atoms with Crippen molar-refractivity contribution < 1.29 is 18.7 Å². The summed E-state index contributed by atoms with van der Waals surface area (Å²) in [5, 5.41) is -0.183. The summed E-state index contributed by atoms with van der Waals surface area (Å²) in [4.78, 5) is 29.2. The van der Waals surface area contributed by atoms with Crippen LogP contribution in [0.3, 0.4) is 0 Å². The number of amides is 1.